The van der Waals surface area contributed by atoms with Gasteiger partial charge in [-0.15, -0.1) is 0 Å². The number of carbonyl (C=O) groups excluding carboxylic acids is 1. The number of carboxylic acid groups (broad SMARTS) is 1. The Morgan fingerprint density at radius 2 is 1.64 bits per heavy atom. The number of nitrogens with one attached hydrogen (secondary N) is 1. The molecule has 0 aliphatic heterocycles. The number of ether oxygens (including phenoxy) is 1. The monoisotopic (exact) mass is 341 g/mol. The van der Waals surface area contributed by atoms with E-state index < -0.39 is 23.7 Å². The zero-order chi connectivity index (χ0) is 18.4. The summed E-state index contributed by atoms with van der Waals surface area (Å²) in [6.45, 7) is 5.28. The van der Waals surface area contributed by atoms with Gasteiger partial charge in [-0.3, -0.25) is 4.79 Å². The molecule has 1 atom stereocenters. The summed E-state index contributed by atoms with van der Waals surface area (Å²) in [6.07, 6.45) is -0.870. The molecule has 2 N–H and O–H groups in total. The lowest BCUT2D eigenvalue weighted by Gasteiger charge is -2.24. The number of amides is 1. The molecule has 0 heterocycles. The van der Waals surface area contributed by atoms with Gasteiger partial charge in [0.2, 0.25) is 0 Å². The third-order valence-electron chi connectivity index (χ3n) is 3.49. The van der Waals surface area contributed by atoms with Crippen molar-refractivity contribution in [1.82, 2.24) is 5.32 Å². The van der Waals surface area contributed by atoms with Gasteiger partial charge in [0.1, 0.15) is 5.60 Å². The summed E-state index contributed by atoms with van der Waals surface area (Å²) in [4.78, 5) is 23.5. The minimum absolute atomic E-state index is 0.233. The van der Waals surface area contributed by atoms with Crippen LogP contribution in [0.15, 0.2) is 54.6 Å². The van der Waals surface area contributed by atoms with Gasteiger partial charge < -0.3 is 15.2 Å². The number of carboxylic acids is 1. The van der Waals surface area contributed by atoms with Crippen LogP contribution in [0, 0.1) is 0 Å². The molecule has 0 bridgehead atoms. The highest BCUT2D eigenvalue weighted by Crippen LogP contribution is 2.30. The Bertz CT molecular complexity index is 735. The van der Waals surface area contributed by atoms with Gasteiger partial charge in [0.25, 0.3) is 0 Å². The highest BCUT2D eigenvalue weighted by Gasteiger charge is 2.24. The molecule has 0 aromatic heterocycles. The van der Waals surface area contributed by atoms with E-state index in [4.69, 9.17) is 4.74 Å². The molecule has 2 aromatic carbocycles. The van der Waals surface area contributed by atoms with Gasteiger partial charge in [-0.05, 0) is 37.5 Å². The lowest BCUT2D eigenvalue weighted by atomic mass is 9.93. The fourth-order valence-corrected chi connectivity index (χ4v) is 2.54. The van der Waals surface area contributed by atoms with Gasteiger partial charge in [0.05, 0.1) is 12.5 Å². The van der Waals surface area contributed by atoms with Crippen molar-refractivity contribution in [1.29, 1.82) is 0 Å². The Kier molecular flexibility index (Phi) is 5.80. The Labute approximate surface area is 147 Å². The molecular formula is C20H23NO4. The second kappa shape index (κ2) is 7.83. The van der Waals surface area contributed by atoms with Crippen molar-refractivity contribution in [3.05, 3.63) is 60.2 Å². The Morgan fingerprint density at radius 3 is 2.24 bits per heavy atom. The molecule has 0 unspecified atom stereocenters. The third-order valence-corrected chi connectivity index (χ3v) is 3.49. The second-order valence-electron chi connectivity index (χ2n) is 6.75. The molecular weight excluding hydrogens is 318 g/mol. The second-order valence-corrected chi connectivity index (χ2v) is 6.75. The van der Waals surface area contributed by atoms with E-state index in [0.29, 0.717) is 0 Å². The van der Waals surface area contributed by atoms with E-state index in [-0.39, 0.29) is 6.42 Å². The molecule has 2 rings (SSSR count). The predicted octanol–water partition coefficient (Wildman–Crippen LogP) is 4.39. The maximum atomic E-state index is 12.1. The number of alkyl carbamates (subject to hydrolysis) is 1. The van der Waals surface area contributed by atoms with E-state index in [1.165, 1.54) is 0 Å². The minimum Gasteiger partial charge on any atom is -0.481 e. The van der Waals surface area contributed by atoms with Crippen LogP contribution >= 0.6 is 0 Å². The first kappa shape index (κ1) is 18.5. The number of benzene rings is 2. The fraction of sp³-hybridized carbons (Fsp3) is 0.300. The van der Waals surface area contributed by atoms with E-state index in [1.807, 2.05) is 54.6 Å². The van der Waals surface area contributed by atoms with Gasteiger partial charge in [-0.1, -0.05) is 54.6 Å². The summed E-state index contributed by atoms with van der Waals surface area (Å²) in [5.41, 5.74) is 1.92. The number of aliphatic carboxylic acids is 1. The molecule has 132 valence electrons. The van der Waals surface area contributed by atoms with Gasteiger partial charge in [-0.25, -0.2) is 4.79 Å². The fourth-order valence-electron chi connectivity index (χ4n) is 2.54. The highest BCUT2D eigenvalue weighted by molar-refractivity contribution is 5.75. The molecule has 2 aromatic rings. The van der Waals surface area contributed by atoms with Gasteiger partial charge in [0.15, 0.2) is 0 Å². The Balaban J connectivity index is 2.35. The smallest absolute Gasteiger partial charge is 0.408 e. The molecule has 0 aliphatic carbocycles. The van der Waals surface area contributed by atoms with Crippen molar-refractivity contribution in [3.8, 4) is 11.1 Å². The molecule has 0 aliphatic rings. The van der Waals surface area contributed by atoms with Crippen molar-refractivity contribution in [3.63, 3.8) is 0 Å². The van der Waals surface area contributed by atoms with E-state index in [2.05, 4.69) is 5.32 Å². The predicted molar refractivity (Wildman–Crippen MR) is 96.2 cm³/mol. The standard InChI is InChI=1S/C20H23NO4/c1-20(2,3)25-19(24)21-17(13-18(22)23)16-12-8-7-11-15(16)14-9-5-4-6-10-14/h4-12,17H,13H2,1-3H3,(H,21,24)(H,22,23)/t17-/m1/s1. The highest BCUT2D eigenvalue weighted by atomic mass is 16.6. The maximum absolute atomic E-state index is 12.1. The number of carbonyl (C=O) groups is 2. The van der Waals surface area contributed by atoms with Crippen molar-refractivity contribution in [2.75, 3.05) is 0 Å². The van der Waals surface area contributed by atoms with Crippen molar-refractivity contribution in [2.24, 2.45) is 0 Å². The summed E-state index contributed by atoms with van der Waals surface area (Å²) < 4.78 is 5.27. The van der Waals surface area contributed by atoms with Crippen LogP contribution in [0.3, 0.4) is 0 Å². The molecule has 0 saturated heterocycles. The van der Waals surface area contributed by atoms with Gasteiger partial charge in [-0.2, -0.15) is 0 Å². The molecule has 0 saturated carbocycles. The van der Waals surface area contributed by atoms with E-state index in [0.717, 1.165) is 16.7 Å². The number of rotatable bonds is 5. The molecule has 1 amide bonds. The van der Waals surface area contributed by atoms with Gasteiger partial charge in [0, 0.05) is 0 Å². The molecule has 25 heavy (non-hydrogen) atoms. The van der Waals surface area contributed by atoms with E-state index in [9.17, 15) is 14.7 Å². The Morgan fingerprint density at radius 1 is 1.04 bits per heavy atom. The third kappa shape index (κ3) is 5.64. The number of hydrogen-bond donors (Lipinski definition) is 2. The average Bonchev–Trinajstić information content (AvgIpc) is 2.53. The normalized spacial score (nSPS) is 12.3. The summed E-state index contributed by atoms with van der Waals surface area (Å²) >= 11 is 0. The average molecular weight is 341 g/mol. The van der Waals surface area contributed by atoms with Crippen LogP contribution in [0.5, 0.6) is 0 Å². The Hall–Kier alpha value is -2.82. The largest absolute Gasteiger partial charge is 0.481 e. The zero-order valence-electron chi connectivity index (χ0n) is 14.7. The summed E-state index contributed by atoms with van der Waals surface area (Å²) in [7, 11) is 0. The van der Waals surface area contributed by atoms with Crippen molar-refractivity contribution >= 4 is 12.1 Å². The zero-order valence-corrected chi connectivity index (χ0v) is 14.7. The number of hydrogen-bond acceptors (Lipinski definition) is 3. The first-order valence-electron chi connectivity index (χ1n) is 8.12. The maximum Gasteiger partial charge on any atom is 0.408 e. The lowest BCUT2D eigenvalue weighted by molar-refractivity contribution is -0.137. The van der Waals surface area contributed by atoms with Gasteiger partial charge >= 0.3 is 12.1 Å². The first-order valence-corrected chi connectivity index (χ1v) is 8.12. The van der Waals surface area contributed by atoms with E-state index >= 15 is 0 Å². The summed E-state index contributed by atoms with van der Waals surface area (Å²) in [5.74, 6) is -0.996. The van der Waals surface area contributed by atoms with Crippen LogP contribution in [0.2, 0.25) is 0 Å². The first-order chi connectivity index (χ1) is 11.8. The van der Waals surface area contributed by atoms with Crippen molar-refractivity contribution < 1.29 is 19.4 Å². The summed E-state index contributed by atoms with van der Waals surface area (Å²) in [5, 5.41) is 11.9. The minimum atomic E-state index is -0.996. The lowest BCUT2D eigenvalue weighted by Crippen LogP contribution is -2.36. The molecule has 0 radical (unpaired) electrons. The topological polar surface area (TPSA) is 75.6 Å². The van der Waals surface area contributed by atoms with Crippen LogP contribution in [-0.2, 0) is 9.53 Å². The molecule has 0 fully saturated rings. The van der Waals surface area contributed by atoms with Crippen molar-refractivity contribution in [2.45, 2.75) is 38.8 Å². The van der Waals surface area contributed by atoms with Crippen LogP contribution in [0.25, 0.3) is 11.1 Å². The van der Waals surface area contributed by atoms with Crippen LogP contribution < -0.4 is 5.32 Å². The van der Waals surface area contributed by atoms with Crippen LogP contribution in [0.1, 0.15) is 38.8 Å². The molecule has 5 heteroatoms. The quantitative estimate of drug-likeness (QED) is 0.845. The summed E-state index contributed by atoms with van der Waals surface area (Å²) in [6, 6.07) is 16.4. The van der Waals surface area contributed by atoms with E-state index in [1.54, 1.807) is 20.8 Å². The van der Waals surface area contributed by atoms with Crippen LogP contribution in [-0.4, -0.2) is 22.8 Å². The van der Waals surface area contributed by atoms with Crippen LogP contribution in [0.4, 0.5) is 4.79 Å². The molecule has 0 spiro atoms. The SMILES string of the molecule is CC(C)(C)OC(=O)N[C@H](CC(=O)O)c1ccccc1-c1ccccc1. The molecule has 5 nitrogen and oxygen atoms in total.